The van der Waals surface area contributed by atoms with Crippen LogP contribution in [-0.2, 0) is 17.4 Å². The van der Waals surface area contributed by atoms with E-state index in [1.807, 2.05) is 60.5 Å². The molecule has 0 spiro atoms. The van der Waals surface area contributed by atoms with Crippen LogP contribution >= 0.6 is 23.5 Å². The van der Waals surface area contributed by atoms with Crippen molar-refractivity contribution in [3.05, 3.63) is 93.9 Å². The molecule has 0 bridgehead atoms. The van der Waals surface area contributed by atoms with Crippen LogP contribution in [0.15, 0.2) is 92.6 Å². The Kier molecular flexibility index (Phi) is 6.96. The SMILES string of the molecule is COc1ccc2c(c1)N(C)/C(=C1/SC(=Nc3cccc(C(F)(F)F)c3)N(CCc3ccccc3)C1=O)S2. The van der Waals surface area contributed by atoms with Crippen molar-refractivity contribution < 1.29 is 22.7 Å². The van der Waals surface area contributed by atoms with Gasteiger partial charge < -0.3 is 9.64 Å². The number of hydrogen-bond donors (Lipinski definition) is 0. The van der Waals surface area contributed by atoms with Crippen molar-refractivity contribution in [3.63, 3.8) is 0 Å². The number of anilines is 1. The molecule has 0 atom stereocenters. The molecule has 190 valence electrons. The molecule has 0 saturated carbocycles. The first-order valence-corrected chi connectivity index (χ1v) is 13.0. The zero-order valence-electron chi connectivity index (χ0n) is 20.0. The number of rotatable bonds is 5. The van der Waals surface area contributed by atoms with Crippen molar-refractivity contribution in [2.75, 3.05) is 25.6 Å². The molecule has 10 heteroatoms. The third kappa shape index (κ3) is 5.21. The maximum Gasteiger partial charge on any atom is 0.416 e. The molecule has 1 saturated heterocycles. The summed E-state index contributed by atoms with van der Waals surface area (Å²) in [6.45, 7) is 0.347. The lowest BCUT2D eigenvalue weighted by Crippen LogP contribution is -2.31. The minimum atomic E-state index is -4.48. The number of amidine groups is 1. The van der Waals surface area contributed by atoms with Gasteiger partial charge in [0, 0.05) is 24.6 Å². The minimum absolute atomic E-state index is 0.140. The molecule has 0 unspecified atom stereocenters. The molecule has 0 aromatic heterocycles. The minimum Gasteiger partial charge on any atom is -0.497 e. The lowest BCUT2D eigenvalue weighted by Gasteiger charge is -2.17. The summed E-state index contributed by atoms with van der Waals surface area (Å²) >= 11 is 2.66. The van der Waals surface area contributed by atoms with Gasteiger partial charge in [0.2, 0.25) is 0 Å². The average molecular weight is 542 g/mol. The van der Waals surface area contributed by atoms with Crippen LogP contribution < -0.4 is 9.64 Å². The standard InChI is InChI=1S/C27H22F3N3O2S2/c1-32-21-16-20(35-2)11-12-22(21)36-25(32)23-24(34)33(14-13-17-7-4-3-5-8-17)26(37-23)31-19-10-6-9-18(15-19)27(28,29)30/h3-12,15-16H,13-14H2,1-2H3/b25-23-,31-26?. The zero-order chi connectivity index (χ0) is 26.2. The molecule has 2 heterocycles. The number of alkyl halides is 3. The second-order valence-corrected chi connectivity index (χ2v) is 10.4. The second-order valence-electron chi connectivity index (χ2n) is 8.37. The number of hydrogen-bond acceptors (Lipinski definition) is 6. The van der Waals surface area contributed by atoms with Crippen LogP contribution in [0.1, 0.15) is 11.1 Å². The van der Waals surface area contributed by atoms with Crippen molar-refractivity contribution in [1.29, 1.82) is 0 Å². The number of aliphatic imine (C=N–C) groups is 1. The highest BCUT2D eigenvalue weighted by atomic mass is 32.2. The molecule has 1 fully saturated rings. The van der Waals surface area contributed by atoms with Crippen molar-refractivity contribution in [3.8, 4) is 5.75 Å². The number of benzene rings is 3. The van der Waals surface area contributed by atoms with Gasteiger partial charge in [-0.1, -0.05) is 48.2 Å². The Balaban J connectivity index is 1.51. The third-order valence-electron chi connectivity index (χ3n) is 5.96. The van der Waals surface area contributed by atoms with Crippen molar-refractivity contribution in [2.45, 2.75) is 17.5 Å². The Morgan fingerprint density at radius 3 is 2.49 bits per heavy atom. The number of amides is 1. The summed E-state index contributed by atoms with van der Waals surface area (Å²) in [6, 6.07) is 20.3. The Morgan fingerprint density at radius 1 is 0.973 bits per heavy atom. The summed E-state index contributed by atoms with van der Waals surface area (Å²) in [7, 11) is 3.48. The average Bonchev–Trinajstić information content (AvgIpc) is 3.38. The molecule has 3 aromatic carbocycles. The lowest BCUT2D eigenvalue weighted by molar-refractivity contribution is -0.137. The van der Waals surface area contributed by atoms with E-state index >= 15 is 0 Å². The van der Waals surface area contributed by atoms with Gasteiger partial charge in [-0.05, 0) is 54.1 Å². The summed E-state index contributed by atoms with van der Waals surface area (Å²) in [5.41, 5.74) is 1.32. The molecule has 37 heavy (non-hydrogen) atoms. The van der Waals surface area contributed by atoms with Gasteiger partial charge in [-0.25, -0.2) is 4.99 Å². The van der Waals surface area contributed by atoms with Gasteiger partial charge in [0.15, 0.2) is 5.17 Å². The van der Waals surface area contributed by atoms with E-state index in [1.165, 1.54) is 35.7 Å². The molecule has 2 aliphatic rings. The molecule has 2 aliphatic heterocycles. The molecule has 3 aromatic rings. The fraction of sp³-hybridized carbons (Fsp3) is 0.185. The van der Waals surface area contributed by atoms with Crippen LogP contribution in [0.4, 0.5) is 24.5 Å². The molecule has 0 N–H and O–H groups in total. The summed E-state index contributed by atoms with van der Waals surface area (Å²) in [5, 5.41) is 1.10. The monoisotopic (exact) mass is 541 g/mol. The largest absolute Gasteiger partial charge is 0.497 e. The van der Waals surface area contributed by atoms with Crippen LogP contribution in [0, 0.1) is 0 Å². The maximum absolute atomic E-state index is 13.7. The number of carbonyl (C=O) groups is 1. The highest BCUT2D eigenvalue weighted by molar-refractivity contribution is 8.19. The Labute approximate surface area is 221 Å². The highest BCUT2D eigenvalue weighted by Crippen LogP contribution is 2.51. The first-order valence-electron chi connectivity index (χ1n) is 11.4. The van der Waals surface area contributed by atoms with Crippen molar-refractivity contribution in [1.82, 2.24) is 4.90 Å². The van der Waals surface area contributed by atoms with Crippen LogP contribution in [-0.4, -0.2) is 36.7 Å². The molecular formula is C27H22F3N3O2S2. The van der Waals surface area contributed by atoms with E-state index in [1.54, 1.807) is 12.0 Å². The van der Waals surface area contributed by atoms with E-state index in [0.29, 0.717) is 28.8 Å². The lowest BCUT2D eigenvalue weighted by atomic mass is 10.1. The van der Waals surface area contributed by atoms with Crippen molar-refractivity contribution >= 4 is 46.0 Å². The first-order chi connectivity index (χ1) is 17.7. The molecule has 0 aliphatic carbocycles. The number of nitrogens with zero attached hydrogens (tertiary/aromatic N) is 3. The number of fused-ring (bicyclic) bond motifs is 1. The van der Waals surface area contributed by atoms with E-state index in [2.05, 4.69) is 4.99 Å². The maximum atomic E-state index is 13.7. The summed E-state index contributed by atoms with van der Waals surface area (Å²) < 4.78 is 45.2. The summed E-state index contributed by atoms with van der Waals surface area (Å²) in [5.74, 6) is 0.486. The van der Waals surface area contributed by atoms with Gasteiger partial charge in [-0.15, -0.1) is 0 Å². The van der Waals surface area contributed by atoms with Gasteiger partial charge in [0.1, 0.15) is 10.7 Å². The van der Waals surface area contributed by atoms with E-state index < -0.39 is 11.7 Å². The fourth-order valence-electron chi connectivity index (χ4n) is 4.02. The van der Waals surface area contributed by atoms with Gasteiger partial charge in [0.25, 0.3) is 5.91 Å². The van der Waals surface area contributed by atoms with Crippen LogP contribution in [0.3, 0.4) is 0 Å². The Hall–Kier alpha value is -3.37. The zero-order valence-corrected chi connectivity index (χ0v) is 21.6. The van der Waals surface area contributed by atoms with Crippen LogP contribution in [0.5, 0.6) is 5.75 Å². The molecule has 5 nitrogen and oxygen atoms in total. The van der Waals surface area contributed by atoms with Gasteiger partial charge >= 0.3 is 6.18 Å². The van der Waals surface area contributed by atoms with Gasteiger partial charge in [0.05, 0.1) is 29.1 Å². The smallest absolute Gasteiger partial charge is 0.416 e. The van der Waals surface area contributed by atoms with E-state index in [-0.39, 0.29) is 11.6 Å². The van der Waals surface area contributed by atoms with Crippen LogP contribution in [0.2, 0.25) is 0 Å². The van der Waals surface area contributed by atoms with Gasteiger partial charge in [-0.2, -0.15) is 13.2 Å². The number of halogens is 3. The number of thioether (sulfide) groups is 2. The fourth-order valence-corrected chi connectivity index (χ4v) is 6.37. The predicted molar refractivity (Wildman–Crippen MR) is 142 cm³/mol. The number of ether oxygens (including phenoxy) is 1. The number of carbonyl (C=O) groups excluding carboxylic acids is 1. The van der Waals surface area contributed by atoms with E-state index in [4.69, 9.17) is 4.74 Å². The van der Waals surface area contributed by atoms with E-state index in [9.17, 15) is 18.0 Å². The molecular weight excluding hydrogens is 519 g/mol. The molecule has 5 rings (SSSR count). The topological polar surface area (TPSA) is 45.1 Å². The predicted octanol–water partition coefficient (Wildman–Crippen LogP) is 6.93. The summed E-state index contributed by atoms with van der Waals surface area (Å²) in [4.78, 5) is 23.1. The summed E-state index contributed by atoms with van der Waals surface area (Å²) in [6.07, 6.45) is -3.90. The first kappa shape index (κ1) is 25.3. The quantitative estimate of drug-likeness (QED) is 0.328. The van der Waals surface area contributed by atoms with Crippen LogP contribution in [0.25, 0.3) is 0 Å². The Bertz CT molecular complexity index is 1410. The van der Waals surface area contributed by atoms with E-state index in [0.717, 1.165) is 33.3 Å². The normalized spacial score (nSPS) is 18.6. The molecule has 0 radical (unpaired) electrons. The Morgan fingerprint density at radius 2 is 1.76 bits per heavy atom. The molecule has 1 amide bonds. The second kappa shape index (κ2) is 10.2. The van der Waals surface area contributed by atoms with Crippen molar-refractivity contribution in [2.24, 2.45) is 4.99 Å². The highest BCUT2D eigenvalue weighted by Gasteiger charge is 2.39. The van der Waals surface area contributed by atoms with Gasteiger partial charge in [-0.3, -0.25) is 9.69 Å². The number of methoxy groups -OCH3 is 1. The third-order valence-corrected chi connectivity index (χ3v) is 8.39.